The summed E-state index contributed by atoms with van der Waals surface area (Å²) in [6.45, 7) is 5.84. The van der Waals surface area contributed by atoms with Gasteiger partial charge in [0.2, 0.25) is 0 Å². The van der Waals surface area contributed by atoms with Crippen molar-refractivity contribution in [2.45, 2.75) is 26.9 Å². The maximum absolute atomic E-state index is 11.0. The van der Waals surface area contributed by atoms with E-state index in [-0.39, 0.29) is 18.6 Å². The Hall–Kier alpha value is -1.62. The molecule has 1 aromatic rings. The Balaban J connectivity index is 2.47. The molecule has 0 fully saturated rings. The first-order chi connectivity index (χ1) is 8.90. The third kappa shape index (κ3) is 2.71. The van der Waals surface area contributed by atoms with Gasteiger partial charge in [-0.25, -0.2) is 0 Å². The first-order valence-electron chi connectivity index (χ1n) is 6.20. The monoisotopic (exact) mass is 279 g/mol. The third-order valence-electron chi connectivity index (χ3n) is 3.07. The normalized spacial score (nSPS) is 18.2. The lowest BCUT2D eigenvalue weighted by Gasteiger charge is -2.37. The molecular weight excluding hydrogens is 262 g/mol. The van der Waals surface area contributed by atoms with Crippen molar-refractivity contribution in [2.24, 2.45) is 5.92 Å². The lowest BCUT2D eigenvalue weighted by atomic mass is 10.0. The summed E-state index contributed by atoms with van der Waals surface area (Å²) in [6.07, 6.45) is -0.260. The maximum Gasteiger partial charge on any atom is 0.323 e. The molecule has 0 saturated heterocycles. The molecule has 0 bridgehead atoms. The minimum atomic E-state index is -0.904. The van der Waals surface area contributed by atoms with Crippen molar-refractivity contribution in [3.05, 3.63) is 23.8 Å². The number of carboxylic acids is 1. The van der Waals surface area contributed by atoms with E-state index in [1.165, 1.54) is 0 Å². The Morgan fingerprint density at radius 3 is 2.79 bits per heavy atom. The number of hydrogen-bond donors (Lipinski definition) is 1. The van der Waals surface area contributed by atoms with Crippen LogP contribution in [-0.4, -0.2) is 28.7 Å². The van der Waals surface area contributed by atoms with Crippen molar-refractivity contribution in [1.29, 1.82) is 0 Å². The van der Waals surface area contributed by atoms with Crippen LogP contribution in [0.25, 0.3) is 0 Å². The summed E-state index contributed by atoms with van der Waals surface area (Å²) in [4.78, 5) is 13.2. The van der Waals surface area contributed by atoms with Gasteiger partial charge in [0, 0.05) is 0 Å². The van der Waals surface area contributed by atoms with Crippen LogP contribution in [0.3, 0.4) is 0 Å². The van der Waals surface area contributed by atoms with Crippen LogP contribution in [0.5, 0.6) is 5.75 Å². The lowest BCUT2D eigenvalue weighted by Crippen LogP contribution is -2.49. The van der Waals surface area contributed by atoms with Crippen LogP contribution >= 0.6 is 12.2 Å². The highest BCUT2D eigenvalue weighted by atomic mass is 32.1. The first kappa shape index (κ1) is 13.8. The number of hydrogen-bond acceptors (Lipinski definition) is 3. The summed E-state index contributed by atoms with van der Waals surface area (Å²) >= 11 is 5.40. The molecule has 19 heavy (non-hydrogen) atoms. The minimum absolute atomic E-state index is 0.137. The molecule has 0 amide bonds. The lowest BCUT2D eigenvalue weighted by molar-refractivity contribution is -0.135. The van der Waals surface area contributed by atoms with E-state index in [0.717, 1.165) is 11.3 Å². The highest BCUT2D eigenvalue weighted by Gasteiger charge is 2.34. The van der Waals surface area contributed by atoms with Crippen molar-refractivity contribution >= 4 is 28.9 Å². The summed E-state index contributed by atoms with van der Waals surface area (Å²) in [5.74, 6) is -0.0170. The van der Waals surface area contributed by atoms with Crippen molar-refractivity contribution < 1.29 is 14.6 Å². The van der Waals surface area contributed by atoms with Gasteiger partial charge < -0.3 is 14.7 Å². The van der Waals surface area contributed by atoms with Gasteiger partial charge in [-0.3, -0.25) is 4.79 Å². The number of ether oxygens (including phenoxy) is 1. The molecule has 1 N–H and O–H groups in total. The summed E-state index contributed by atoms with van der Waals surface area (Å²) in [5, 5.41) is 9.06. The average molecular weight is 279 g/mol. The van der Waals surface area contributed by atoms with Gasteiger partial charge in [0.25, 0.3) is 0 Å². The number of carboxylic acid groups (broad SMARTS) is 1. The molecule has 2 rings (SSSR count). The topological polar surface area (TPSA) is 49.8 Å². The predicted octanol–water partition coefficient (Wildman–Crippen LogP) is 2.63. The Bertz CT molecular complexity index is 527. The van der Waals surface area contributed by atoms with E-state index >= 15 is 0 Å². The van der Waals surface area contributed by atoms with Crippen LogP contribution in [0.1, 0.15) is 19.4 Å². The van der Waals surface area contributed by atoms with Gasteiger partial charge in [0.05, 0.1) is 5.69 Å². The van der Waals surface area contributed by atoms with Crippen molar-refractivity contribution in [3.8, 4) is 5.75 Å². The second-order valence-corrected chi connectivity index (χ2v) is 5.49. The molecule has 1 aromatic carbocycles. The van der Waals surface area contributed by atoms with Crippen molar-refractivity contribution in [3.63, 3.8) is 0 Å². The molecular formula is C14H17NO3S. The zero-order valence-electron chi connectivity index (χ0n) is 11.2. The number of thiocarbonyl (C=S) groups is 1. The molecule has 102 valence electrons. The summed E-state index contributed by atoms with van der Waals surface area (Å²) < 4.78 is 5.90. The van der Waals surface area contributed by atoms with Gasteiger partial charge in [-0.05, 0) is 30.5 Å². The molecule has 1 aliphatic rings. The molecule has 1 heterocycles. The van der Waals surface area contributed by atoms with Gasteiger partial charge in [-0.1, -0.05) is 32.1 Å². The quantitative estimate of drug-likeness (QED) is 0.862. The number of benzene rings is 1. The molecule has 1 atom stereocenters. The van der Waals surface area contributed by atoms with E-state index < -0.39 is 5.97 Å². The number of nitrogens with zero attached hydrogens (tertiary/aromatic N) is 1. The Labute approximate surface area is 118 Å². The molecule has 1 aliphatic heterocycles. The Morgan fingerprint density at radius 1 is 1.53 bits per heavy atom. The van der Waals surface area contributed by atoms with Crippen LogP contribution in [0, 0.1) is 12.8 Å². The molecule has 0 saturated carbocycles. The highest BCUT2D eigenvalue weighted by molar-refractivity contribution is 7.80. The van der Waals surface area contributed by atoms with Crippen molar-refractivity contribution in [2.75, 3.05) is 11.4 Å². The second kappa shape index (κ2) is 5.17. The van der Waals surface area contributed by atoms with Gasteiger partial charge in [0.1, 0.15) is 17.3 Å². The van der Waals surface area contributed by atoms with Crippen LogP contribution in [0.15, 0.2) is 18.2 Å². The smallest absolute Gasteiger partial charge is 0.323 e. The number of fused-ring (bicyclic) bond motifs is 1. The number of anilines is 1. The summed E-state index contributed by atoms with van der Waals surface area (Å²) in [6, 6.07) is 5.72. The van der Waals surface area contributed by atoms with Crippen LogP contribution in [-0.2, 0) is 4.79 Å². The van der Waals surface area contributed by atoms with E-state index in [1.807, 2.05) is 39.0 Å². The Kier molecular flexibility index (Phi) is 3.75. The van der Waals surface area contributed by atoms with E-state index in [1.54, 1.807) is 4.90 Å². The minimum Gasteiger partial charge on any atom is -0.481 e. The molecule has 5 heteroatoms. The fourth-order valence-corrected chi connectivity index (χ4v) is 2.60. The molecule has 4 nitrogen and oxygen atoms in total. The largest absolute Gasteiger partial charge is 0.481 e. The van der Waals surface area contributed by atoms with E-state index in [4.69, 9.17) is 22.1 Å². The zero-order chi connectivity index (χ0) is 14.2. The van der Waals surface area contributed by atoms with Crippen molar-refractivity contribution in [1.82, 2.24) is 0 Å². The maximum atomic E-state index is 11.0. The third-order valence-corrected chi connectivity index (χ3v) is 3.52. The summed E-state index contributed by atoms with van der Waals surface area (Å²) in [5.41, 5.74) is 1.79. The predicted molar refractivity (Wildman–Crippen MR) is 78.0 cm³/mol. The zero-order valence-corrected chi connectivity index (χ0v) is 12.0. The SMILES string of the molecule is Cc1ccc2c(c1)N(CC(=O)O)C(=S)C(C(C)C)O2. The number of carbonyl (C=O) groups is 1. The van der Waals surface area contributed by atoms with Crippen LogP contribution in [0.4, 0.5) is 5.69 Å². The first-order valence-corrected chi connectivity index (χ1v) is 6.61. The number of aliphatic carboxylic acids is 1. The molecule has 0 aromatic heterocycles. The van der Waals surface area contributed by atoms with E-state index in [2.05, 4.69) is 0 Å². The average Bonchev–Trinajstić information content (AvgIpc) is 2.32. The number of aryl methyl sites for hydroxylation is 1. The van der Waals surface area contributed by atoms with Gasteiger partial charge in [-0.2, -0.15) is 0 Å². The fraction of sp³-hybridized carbons (Fsp3) is 0.429. The number of rotatable bonds is 3. The van der Waals surface area contributed by atoms with E-state index in [9.17, 15) is 4.79 Å². The fourth-order valence-electron chi connectivity index (χ4n) is 2.12. The molecule has 0 spiro atoms. The van der Waals surface area contributed by atoms with Gasteiger partial charge >= 0.3 is 5.97 Å². The van der Waals surface area contributed by atoms with Crippen LogP contribution in [0.2, 0.25) is 0 Å². The Morgan fingerprint density at radius 2 is 2.21 bits per heavy atom. The molecule has 0 radical (unpaired) electrons. The van der Waals surface area contributed by atoms with Crippen LogP contribution < -0.4 is 9.64 Å². The van der Waals surface area contributed by atoms with Gasteiger partial charge in [-0.15, -0.1) is 0 Å². The highest BCUT2D eigenvalue weighted by Crippen LogP contribution is 2.36. The molecule has 1 unspecified atom stereocenters. The summed E-state index contributed by atoms with van der Waals surface area (Å²) in [7, 11) is 0. The van der Waals surface area contributed by atoms with E-state index in [0.29, 0.717) is 10.7 Å². The standard InChI is InChI=1S/C14H17NO3S/c1-8(2)13-14(19)15(7-12(16)17)10-6-9(3)4-5-11(10)18-13/h4-6,8,13H,7H2,1-3H3,(H,16,17). The molecule has 0 aliphatic carbocycles. The second-order valence-electron chi connectivity index (χ2n) is 5.07. The van der Waals surface area contributed by atoms with Gasteiger partial charge in [0.15, 0.2) is 6.10 Å².